The van der Waals surface area contributed by atoms with Gasteiger partial charge in [0.15, 0.2) is 12.4 Å². The molecule has 132 valence electrons. The molecule has 0 spiro atoms. The Morgan fingerprint density at radius 3 is 2.46 bits per heavy atom. The van der Waals surface area contributed by atoms with Gasteiger partial charge in [-0.1, -0.05) is 0 Å². The second kappa shape index (κ2) is 7.38. The molecule has 0 unspecified atom stereocenters. The van der Waals surface area contributed by atoms with Crippen molar-refractivity contribution in [1.29, 1.82) is 0 Å². The first-order valence-electron chi connectivity index (χ1n) is 9.02. The highest BCUT2D eigenvalue weighted by atomic mass is 16.5. The van der Waals surface area contributed by atoms with Gasteiger partial charge in [-0.05, 0) is 38.7 Å². The van der Waals surface area contributed by atoms with E-state index in [1.807, 2.05) is 4.90 Å². The molecule has 3 heterocycles. The lowest BCUT2D eigenvalue weighted by Gasteiger charge is -2.44. The molecule has 2 aliphatic rings. The number of rotatable bonds is 4. The van der Waals surface area contributed by atoms with Gasteiger partial charge in [-0.25, -0.2) is 4.79 Å². The number of carbonyl (C=O) groups excluding carboxylic acids is 1. The molecule has 6 nitrogen and oxygen atoms in total. The molecule has 2 aliphatic heterocycles. The van der Waals surface area contributed by atoms with Crippen LogP contribution < -0.4 is 4.73 Å². The van der Waals surface area contributed by atoms with Gasteiger partial charge in [-0.3, -0.25) is 0 Å². The van der Waals surface area contributed by atoms with Crippen LogP contribution in [0.2, 0.25) is 0 Å². The van der Waals surface area contributed by atoms with Crippen LogP contribution in [0.15, 0.2) is 24.5 Å². The SMILES string of the molecule is CC(C)N1CCC(N2CCCN(Cc3cc[n+]([O-])cc3)C2=O)CC1. The number of likely N-dealkylation sites (tertiary alicyclic amines) is 1. The predicted molar refractivity (Wildman–Crippen MR) is 92.3 cm³/mol. The molecule has 2 saturated heterocycles. The van der Waals surface area contributed by atoms with Gasteiger partial charge in [-0.2, -0.15) is 4.73 Å². The van der Waals surface area contributed by atoms with E-state index in [4.69, 9.17) is 0 Å². The Hall–Kier alpha value is -1.82. The fourth-order valence-corrected chi connectivity index (χ4v) is 3.77. The molecule has 0 saturated carbocycles. The zero-order valence-corrected chi connectivity index (χ0v) is 14.7. The molecule has 0 bridgehead atoms. The molecule has 0 radical (unpaired) electrons. The summed E-state index contributed by atoms with van der Waals surface area (Å²) in [6.45, 7) is 8.88. The maximum atomic E-state index is 12.9. The zero-order valence-electron chi connectivity index (χ0n) is 14.7. The number of amides is 2. The predicted octanol–water partition coefficient (Wildman–Crippen LogP) is 1.82. The third-order valence-corrected chi connectivity index (χ3v) is 5.26. The standard InChI is InChI=1S/C18H28N4O2/c1-15(2)19-10-6-17(7-11-19)22-9-3-8-20(18(22)23)14-16-4-12-21(24)13-5-16/h4-5,12-13,15,17H,3,6-11,14H2,1-2H3. The van der Waals surface area contributed by atoms with Gasteiger partial charge in [0.05, 0.1) is 0 Å². The second-order valence-electron chi connectivity index (χ2n) is 7.18. The van der Waals surface area contributed by atoms with Crippen molar-refractivity contribution in [2.75, 3.05) is 26.2 Å². The van der Waals surface area contributed by atoms with Gasteiger partial charge < -0.3 is 19.9 Å². The van der Waals surface area contributed by atoms with Crippen LogP contribution in [0.4, 0.5) is 4.79 Å². The molecular weight excluding hydrogens is 304 g/mol. The van der Waals surface area contributed by atoms with E-state index in [1.165, 1.54) is 12.4 Å². The van der Waals surface area contributed by atoms with Crippen LogP contribution in [-0.2, 0) is 6.54 Å². The van der Waals surface area contributed by atoms with Gasteiger partial charge in [-0.15, -0.1) is 0 Å². The van der Waals surface area contributed by atoms with Crippen molar-refractivity contribution in [2.45, 2.75) is 51.7 Å². The number of aromatic nitrogens is 1. The van der Waals surface area contributed by atoms with Gasteiger partial charge in [0.25, 0.3) is 0 Å². The van der Waals surface area contributed by atoms with E-state index in [1.54, 1.807) is 12.1 Å². The molecule has 2 fully saturated rings. The Morgan fingerprint density at radius 2 is 1.83 bits per heavy atom. The van der Waals surface area contributed by atoms with Crippen LogP contribution in [-0.4, -0.2) is 59.0 Å². The molecule has 0 aromatic carbocycles. The van der Waals surface area contributed by atoms with E-state index >= 15 is 0 Å². The molecule has 1 aromatic heterocycles. The molecule has 3 rings (SSSR count). The summed E-state index contributed by atoms with van der Waals surface area (Å²) >= 11 is 0. The summed E-state index contributed by atoms with van der Waals surface area (Å²) in [6, 6.07) is 4.69. The third-order valence-electron chi connectivity index (χ3n) is 5.26. The molecule has 0 N–H and O–H groups in total. The van der Waals surface area contributed by atoms with Crippen LogP contribution in [0, 0.1) is 5.21 Å². The van der Waals surface area contributed by atoms with E-state index in [-0.39, 0.29) is 6.03 Å². The van der Waals surface area contributed by atoms with Crippen LogP contribution in [0.3, 0.4) is 0 Å². The molecule has 1 aromatic rings. The van der Waals surface area contributed by atoms with Crippen molar-refractivity contribution in [3.05, 3.63) is 35.3 Å². The van der Waals surface area contributed by atoms with Crippen LogP contribution in [0.25, 0.3) is 0 Å². The van der Waals surface area contributed by atoms with Gasteiger partial charge in [0, 0.05) is 56.9 Å². The first kappa shape index (κ1) is 17.0. The Kier molecular flexibility index (Phi) is 5.23. The smallest absolute Gasteiger partial charge is 0.320 e. The summed E-state index contributed by atoms with van der Waals surface area (Å²) in [6.07, 6.45) is 6.13. The third kappa shape index (κ3) is 3.80. The largest absolute Gasteiger partial charge is 0.619 e. The monoisotopic (exact) mass is 332 g/mol. The number of piperidine rings is 1. The average Bonchev–Trinajstić information content (AvgIpc) is 2.59. The van der Waals surface area contributed by atoms with Gasteiger partial charge in [0.2, 0.25) is 0 Å². The quantitative estimate of drug-likeness (QED) is 0.624. The lowest BCUT2D eigenvalue weighted by Crippen LogP contribution is -2.55. The molecule has 24 heavy (non-hydrogen) atoms. The Labute approximate surface area is 144 Å². The summed E-state index contributed by atoms with van der Waals surface area (Å²) in [5.41, 5.74) is 1.01. The number of carbonyl (C=O) groups is 1. The normalized spacial score (nSPS) is 20.9. The lowest BCUT2D eigenvalue weighted by atomic mass is 10.0. The summed E-state index contributed by atoms with van der Waals surface area (Å²) in [4.78, 5) is 19.4. The highest BCUT2D eigenvalue weighted by molar-refractivity contribution is 5.75. The number of nitrogens with zero attached hydrogens (tertiary/aromatic N) is 4. The minimum absolute atomic E-state index is 0.156. The summed E-state index contributed by atoms with van der Waals surface area (Å²) in [5, 5.41) is 11.1. The van der Waals surface area contributed by atoms with Crippen LogP contribution >= 0.6 is 0 Å². The van der Waals surface area contributed by atoms with Crippen molar-refractivity contribution in [3.63, 3.8) is 0 Å². The van der Waals surface area contributed by atoms with Crippen molar-refractivity contribution >= 4 is 6.03 Å². The van der Waals surface area contributed by atoms with Crippen LogP contribution in [0.1, 0.15) is 38.7 Å². The molecule has 0 aliphatic carbocycles. The Morgan fingerprint density at radius 1 is 1.17 bits per heavy atom. The first-order valence-corrected chi connectivity index (χ1v) is 9.02. The van der Waals surface area contributed by atoms with E-state index in [2.05, 4.69) is 23.6 Å². The number of pyridine rings is 1. The average molecular weight is 332 g/mol. The summed E-state index contributed by atoms with van der Waals surface area (Å²) < 4.78 is 0.774. The zero-order chi connectivity index (χ0) is 17.1. The second-order valence-corrected chi connectivity index (χ2v) is 7.18. The fourth-order valence-electron chi connectivity index (χ4n) is 3.77. The topological polar surface area (TPSA) is 53.7 Å². The van der Waals surface area contributed by atoms with Crippen molar-refractivity contribution in [1.82, 2.24) is 14.7 Å². The first-order chi connectivity index (χ1) is 11.5. The molecular formula is C18H28N4O2. The number of hydrogen-bond acceptors (Lipinski definition) is 3. The van der Waals surface area contributed by atoms with E-state index in [0.29, 0.717) is 18.6 Å². The van der Waals surface area contributed by atoms with E-state index in [9.17, 15) is 10.0 Å². The highest BCUT2D eigenvalue weighted by Gasteiger charge is 2.33. The minimum atomic E-state index is 0.156. The Balaban J connectivity index is 1.60. The number of urea groups is 1. The molecule has 2 amide bonds. The van der Waals surface area contributed by atoms with Crippen molar-refractivity contribution < 1.29 is 9.52 Å². The van der Waals surface area contributed by atoms with E-state index < -0.39 is 0 Å². The van der Waals surface area contributed by atoms with Gasteiger partial charge >= 0.3 is 6.03 Å². The van der Waals surface area contributed by atoms with Crippen molar-refractivity contribution in [2.24, 2.45) is 0 Å². The number of hydrogen-bond donors (Lipinski definition) is 0. The lowest BCUT2D eigenvalue weighted by molar-refractivity contribution is -0.605. The highest BCUT2D eigenvalue weighted by Crippen LogP contribution is 2.23. The Bertz CT molecular complexity index is 553. The maximum Gasteiger partial charge on any atom is 0.320 e. The van der Waals surface area contributed by atoms with E-state index in [0.717, 1.165) is 55.7 Å². The van der Waals surface area contributed by atoms with Crippen LogP contribution in [0.5, 0.6) is 0 Å². The molecule has 6 heteroatoms. The summed E-state index contributed by atoms with van der Waals surface area (Å²) in [7, 11) is 0. The minimum Gasteiger partial charge on any atom is -0.619 e. The fraction of sp³-hybridized carbons (Fsp3) is 0.667. The van der Waals surface area contributed by atoms with Crippen molar-refractivity contribution in [3.8, 4) is 0 Å². The maximum absolute atomic E-state index is 12.9. The van der Waals surface area contributed by atoms with Gasteiger partial charge in [0.1, 0.15) is 0 Å². The molecule has 0 atom stereocenters. The summed E-state index contributed by atoms with van der Waals surface area (Å²) in [5.74, 6) is 0.